The third-order valence-electron chi connectivity index (χ3n) is 6.00. The average molecular weight is 461 g/mol. The molecule has 0 unspecified atom stereocenters. The first-order chi connectivity index (χ1) is 16.5. The van der Waals surface area contributed by atoms with Gasteiger partial charge in [0.25, 0.3) is 0 Å². The molecule has 0 aliphatic carbocycles. The van der Waals surface area contributed by atoms with Crippen molar-refractivity contribution in [2.75, 3.05) is 6.54 Å². The van der Waals surface area contributed by atoms with Crippen LogP contribution in [0.25, 0.3) is 0 Å². The lowest BCUT2D eigenvalue weighted by Gasteiger charge is -2.32. The molecule has 2 amide bonds. The van der Waals surface area contributed by atoms with Crippen LogP contribution >= 0.6 is 0 Å². The summed E-state index contributed by atoms with van der Waals surface area (Å²) in [5.41, 5.74) is 3.29. The smallest absolute Gasteiger partial charge is 0.243 e. The van der Waals surface area contributed by atoms with E-state index in [1.54, 1.807) is 23.1 Å². The number of unbranched alkanes of at least 4 members (excludes halogenated alkanes) is 1. The van der Waals surface area contributed by atoms with Gasteiger partial charge in [0.05, 0.1) is 6.42 Å². The predicted octanol–water partition coefficient (Wildman–Crippen LogP) is 5.23. The van der Waals surface area contributed by atoms with Crippen molar-refractivity contribution < 1.29 is 14.0 Å². The predicted molar refractivity (Wildman–Crippen MR) is 134 cm³/mol. The third kappa shape index (κ3) is 7.01. The maximum absolute atomic E-state index is 14.4. The zero-order valence-electron chi connectivity index (χ0n) is 20.0. The fourth-order valence-corrected chi connectivity index (χ4v) is 3.94. The van der Waals surface area contributed by atoms with E-state index in [9.17, 15) is 14.0 Å². The van der Waals surface area contributed by atoms with Gasteiger partial charge in [-0.3, -0.25) is 9.59 Å². The van der Waals surface area contributed by atoms with Gasteiger partial charge in [0, 0.05) is 19.5 Å². The lowest BCUT2D eigenvalue weighted by atomic mass is 10.00. The van der Waals surface area contributed by atoms with E-state index < -0.39 is 11.9 Å². The number of nitrogens with zero attached hydrogens (tertiary/aromatic N) is 1. The molecule has 3 aromatic rings. The van der Waals surface area contributed by atoms with E-state index in [0.29, 0.717) is 18.5 Å². The molecule has 5 heteroatoms. The maximum atomic E-state index is 14.4. The molecule has 0 heterocycles. The van der Waals surface area contributed by atoms with Crippen LogP contribution in [0.2, 0.25) is 0 Å². The Balaban J connectivity index is 1.96. The second kappa shape index (κ2) is 12.7. The molecule has 0 radical (unpaired) electrons. The van der Waals surface area contributed by atoms with Crippen LogP contribution in [0.1, 0.15) is 42.0 Å². The minimum Gasteiger partial charge on any atom is -0.354 e. The first-order valence-corrected chi connectivity index (χ1v) is 11.9. The number of carbonyl (C=O) groups excluding carboxylic acids is 2. The Bertz CT molecular complexity index is 1080. The molecule has 0 aliphatic rings. The van der Waals surface area contributed by atoms with Crippen LogP contribution < -0.4 is 5.32 Å². The van der Waals surface area contributed by atoms with E-state index in [2.05, 4.69) is 12.2 Å². The summed E-state index contributed by atoms with van der Waals surface area (Å²) in [6.45, 7) is 4.89. The average Bonchev–Trinajstić information content (AvgIpc) is 2.84. The van der Waals surface area contributed by atoms with E-state index in [-0.39, 0.29) is 24.8 Å². The number of carbonyl (C=O) groups is 2. The minimum atomic E-state index is -0.710. The van der Waals surface area contributed by atoms with Crippen molar-refractivity contribution in [3.8, 4) is 0 Å². The van der Waals surface area contributed by atoms with Gasteiger partial charge in [-0.2, -0.15) is 0 Å². The van der Waals surface area contributed by atoms with Crippen molar-refractivity contribution in [3.63, 3.8) is 0 Å². The van der Waals surface area contributed by atoms with Gasteiger partial charge in [-0.25, -0.2) is 4.39 Å². The van der Waals surface area contributed by atoms with Gasteiger partial charge in [-0.15, -0.1) is 0 Å². The summed E-state index contributed by atoms with van der Waals surface area (Å²) < 4.78 is 14.4. The Morgan fingerprint density at radius 2 is 1.56 bits per heavy atom. The highest BCUT2D eigenvalue weighted by Gasteiger charge is 2.30. The second-order valence-electron chi connectivity index (χ2n) is 8.57. The molecule has 178 valence electrons. The molecule has 4 nitrogen and oxygen atoms in total. The summed E-state index contributed by atoms with van der Waals surface area (Å²) in [7, 11) is 0. The largest absolute Gasteiger partial charge is 0.354 e. The number of rotatable bonds is 11. The summed E-state index contributed by atoms with van der Waals surface area (Å²) in [5.74, 6) is -0.883. The monoisotopic (exact) mass is 460 g/mol. The molecule has 0 spiro atoms. The second-order valence-corrected chi connectivity index (χ2v) is 8.57. The molecule has 1 atom stereocenters. The van der Waals surface area contributed by atoms with Gasteiger partial charge in [0.1, 0.15) is 11.9 Å². The molecule has 0 bridgehead atoms. The number of aryl methyl sites for hydroxylation is 1. The lowest BCUT2D eigenvalue weighted by Crippen LogP contribution is -2.51. The first kappa shape index (κ1) is 25.2. The molecule has 0 saturated heterocycles. The van der Waals surface area contributed by atoms with Crippen molar-refractivity contribution in [2.45, 2.75) is 52.1 Å². The number of hydrogen-bond acceptors (Lipinski definition) is 2. The normalized spacial score (nSPS) is 11.6. The minimum absolute atomic E-state index is 0.105. The van der Waals surface area contributed by atoms with Crippen LogP contribution in [0.15, 0.2) is 78.9 Å². The van der Waals surface area contributed by atoms with Crippen molar-refractivity contribution in [1.82, 2.24) is 10.2 Å². The Labute approximate surface area is 201 Å². The maximum Gasteiger partial charge on any atom is 0.243 e. The quantitative estimate of drug-likeness (QED) is 0.398. The molecule has 3 aromatic carbocycles. The number of hydrogen-bond donors (Lipinski definition) is 1. The van der Waals surface area contributed by atoms with Gasteiger partial charge in [0.2, 0.25) is 11.8 Å². The third-order valence-corrected chi connectivity index (χ3v) is 6.00. The van der Waals surface area contributed by atoms with Crippen LogP contribution in [-0.2, 0) is 29.0 Å². The molecule has 0 aromatic heterocycles. The molecule has 0 saturated carbocycles. The number of nitrogens with one attached hydrogen (secondary N) is 1. The van der Waals surface area contributed by atoms with Crippen LogP contribution in [0.3, 0.4) is 0 Å². The summed E-state index contributed by atoms with van der Waals surface area (Å²) in [6.07, 6.45) is 2.10. The first-order valence-electron chi connectivity index (χ1n) is 11.9. The summed E-state index contributed by atoms with van der Waals surface area (Å²) in [6, 6.07) is 23.1. The van der Waals surface area contributed by atoms with Gasteiger partial charge >= 0.3 is 0 Å². The van der Waals surface area contributed by atoms with Gasteiger partial charge in [-0.1, -0.05) is 86.1 Å². The zero-order chi connectivity index (χ0) is 24.3. The standard InChI is InChI=1S/C29H33FN2O2/c1-3-4-18-31-29(34)27(19-23-13-6-5-7-14-23)32(21-25-16-9-8-12-22(25)2)28(33)20-24-15-10-11-17-26(24)30/h5-17,27H,3-4,18-21H2,1-2H3,(H,31,34)/t27-/m0/s1. The van der Waals surface area contributed by atoms with E-state index in [4.69, 9.17) is 0 Å². The Hall–Kier alpha value is -3.47. The molecular formula is C29H33FN2O2. The molecule has 0 aliphatic heterocycles. The van der Waals surface area contributed by atoms with Crippen molar-refractivity contribution in [1.29, 1.82) is 0 Å². The van der Waals surface area contributed by atoms with E-state index >= 15 is 0 Å². The molecular weight excluding hydrogens is 427 g/mol. The van der Waals surface area contributed by atoms with Crippen molar-refractivity contribution in [2.24, 2.45) is 0 Å². The van der Waals surface area contributed by atoms with Crippen LogP contribution in [0.5, 0.6) is 0 Å². The molecule has 1 N–H and O–H groups in total. The highest BCUT2D eigenvalue weighted by molar-refractivity contribution is 5.88. The summed E-state index contributed by atoms with van der Waals surface area (Å²) >= 11 is 0. The summed E-state index contributed by atoms with van der Waals surface area (Å²) in [5, 5.41) is 3.01. The topological polar surface area (TPSA) is 49.4 Å². The molecule has 3 rings (SSSR count). The number of halogens is 1. The van der Waals surface area contributed by atoms with Gasteiger partial charge in [-0.05, 0) is 41.7 Å². The number of amides is 2. The Kier molecular flexibility index (Phi) is 9.39. The highest BCUT2D eigenvalue weighted by atomic mass is 19.1. The van der Waals surface area contributed by atoms with Crippen LogP contribution in [-0.4, -0.2) is 29.3 Å². The SMILES string of the molecule is CCCCNC(=O)[C@H](Cc1ccccc1)N(Cc1ccccc1C)C(=O)Cc1ccccc1F. The van der Waals surface area contributed by atoms with Gasteiger partial charge in [0.15, 0.2) is 0 Å². The van der Waals surface area contributed by atoms with Crippen LogP contribution in [0, 0.1) is 12.7 Å². The van der Waals surface area contributed by atoms with Crippen molar-refractivity contribution in [3.05, 3.63) is 107 Å². The van der Waals surface area contributed by atoms with Crippen molar-refractivity contribution >= 4 is 11.8 Å². The number of benzene rings is 3. The van der Waals surface area contributed by atoms with Crippen LogP contribution in [0.4, 0.5) is 4.39 Å². The Morgan fingerprint density at radius 1 is 0.912 bits per heavy atom. The highest BCUT2D eigenvalue weighted by Crippen LogP contribution is 2.19. The lowest BCUT2D eigenvalue weighted by molar-refractivity contribution is -0.140. The van der Waals surface area contributed by atoms with E-state index in [0.717, 1.165) is 29.5 Å². The Morgan fingerprint density at radius 3 is 2.24 bits per heavy atom. The van der Waals surface area contributed by atoms with E-state index in [1.165, 1.54) is 6.07 Å². The summed E-state index contributed by atoms with van der Waals surface area (Å²) in [4.78, 5) is 28.6. The fourth-order valence-electron chi connectivity index (χ4n) is 3.94. The molecule has 0 fully saturated rings. The fraction of sp³-hybridized carbons (Fsp3) is 0.310. The van der Waals surface area contributed by atoms with Gasteiger partial charge < -0.3 is 10.2 Å². The zero-order valence-corrected chi connectivity index (χ0v) is 20.0. The molecule has 34 heavy (non-hydrogen) atoms. The van der Waals surface area contributed by atoms with E-state index in [1.807, 2.05) is 61.5 Å².